The number of aromatic nitrogens is 1. The maximum absolute atomic E-state index is 13.0. The molecular formula is C25H37N3O3S. The Labute approximate surface area is 193 Å². The van der Waals surface area contributed by atoms with Crippen LogP contribution in [0.4, 0.5) is 0 Å². The van der Waals surface area contributed by atoms with Crippen molar-refractivity contribution in [3.8, 4) is 0 Å². The van der Waals surface area contributed by atoms with Crippen molar-refractivity contribution in [1.82, 2.24) is 13.8 Å². The molecule has 1 aromatic heterocycles. The Morgan fingerprint density at radius 1 is 1.00 bits per heavy atom. The van der Waals surface area contributed by atoms with Gasteiger partial charge in [0.2, 0.25) is 10.0 Å². The predicted molar refractivity (Wildman–Crippen MR) is 130 cm³/mol. The van der Waals surface area contributed by atoms with Crippen LogP contribution >= 0.6 is 0 Å². The summed E-state index contributed by atoms with van der Waals surface area (Å²) in [6.45, 7) is 12.9. The highest BCUT2D eigenvalue weighted by Gasteiger charge is 2.29. The molecule has 0 aliphatic carbocycles. The number of Topliss-reactive ketones (excluding diaryl/α,β-unsaturated/α-hetero) is 1. The second-order valence-corrected chi connectivity index (χ2v) is 11.9. The lowest BCUT2D eigenvalue weighted by atomic mass is 10.1. The van der Waals surface area contributed by atoms with Crippen LogP contribution in [0.15, 0.2) is 36.4 Å². The predicted octanol–water partition coefficient (Wildman–Crippen LogP) is 3.62. The number of ketones is 1. The summed E-state index contributed by atoms with van der Waals surface area (Å²) in [6.07, 6.45) is 1.38. The zero-order valence-corrected chi connectivity index (χ0v) is 20.9. The molecule has 2 heterocycles. The summed E-state index contributed by atoms with van der Waals surface area (Å²) < 4.78 is 29.3. The molecule has 0 spiro atoms. The normalized spacial score (nSPS) is 16.4. The summed E-state index contributed by atoms with van der Waals surface area (Å²) >= 11 is 0. The highest BCUT2D eigenvalue weighted by atomic mass is 32.2. The van der Waals surface area contributed by atoms with Crippen LogP contribution in [-0.2, 0) is 22.0 Å². The van der Waals surface area contributed by atoms with Crippen molar-refractivity contribution in [2.24, 2.45) is 0 Å². The second-order valence-electron chi connectivity index (χ2n) is 9.79. The van der Waals surface area contributed by atoms with Gasteiger partial charge in [-0.3, -0.25) is 9.69 Å². The number of rotatable bonds is 8. The van der Waals surface area contributed by atoms with Gasteiger partial charge in [-0.2, -0.15) is 4.31 Å². The second kappa shape index (κ2) is 9.89. The van der Waals surface area contributed by atoms with Gasteiger partial charge in [0.15, 0.2) is 5.78 Å². The van der Waals surface area contributed by atoms with Crippen LogP contribution in [0.3, 0.4) is 0 Å². The zero-order chi connectivity index (χ0) is 23.5. The first-order valence-electron chi connectivity index (χ1n) is 11.5. The number of benzene rings is 1. The van der Waals surface area contributed by atoms with Crippen molar-refractivity contribution in [1.29, 1.82) is 0 Å². The molecule has 32 heavy (non-hydrogen) atoms. The molecule has 0 saturated carbocycles. The first-order valence-corrected chi connectivity index (χ1v) is 13.1. The van der Waals surface area contributed by atoms with E-state index < -0.39 is 10.0 Å². The molecule has 2 aromatic rings. The summed E-state index contributed by atoms with van der Waals surface area (Å²) in [5, 5.41) is 0. The molecule has 0 N–H and O–H groups in total. The maximum atomic E-state index is 13.0. The number of hydrogen-bond donors (Lipinski definition) is 0. The summed E-state index contributed by atoms with van der Waals surface area (Å²) in [4.78, 5) is 15.1. The molecule has 0 atom stereocenters. The van der Waals surface area contributed by atoms with Crippen LogP contribution in [0.1, 0.15) is 54.5 Å². The van der Waals surface area contributed by atoms with Crippen molar-refractivity contribution in [2.75, 3.05) is 38.5 Å². The maximum Gasteiger partial charge on any atom is 0.214 e. The Bertz CT molecular complexity index is 1030. The van der Waals surface area contributed by atoms with Crippen LogP contribution in [-0.4, -0.2) is 66.4 Å². The molecule has 0 unspecified atom stereocenters. The van der Waals surface area contributed by atoms with Gasteiger partial charge in [-0.1, -0.05) is 30.3 Å². The van der Waals surface area contributed by atoms with E-state index in [1.54, 1.807) is 4.31 Å². The van der Waals surface area contributed by atoms with Gasteiger partial charge in [0.25, 0.3) is 0 Å². The number of carbonyl (C=O) groups excluding carboxylic acids is 1. The van der Waals surface area contributed by atoms with Crippen molar-refractivity contribution >= 4 is 15.8 Å². The van der Waals surface area contributed by atoms with Gasteiger partial charge in [-0.15, -0.1) is 0 Å². The van der Waals surface area contributed by atoms with Gasteiger partial charge in [-0.25, -0.2) is 8.42 Å². The molecule has 0 bridgehead atoms. The van der Waals surface area contributed by atoms with Crippen LogP contribution in [0.5, 0.6) is 0 Å². The topological polar surface area (TPSA) is 62.6 Å². The lowest BCUT2D eigenvalue weighted by Crippen LogP contribution is -2.50. The molecule has 1 aromatic carbocycles. The first-order chi connectivity index (χ1) is 15.0. The van der Waals surface area contributed by atoms with Crippen LogP contribution in [0, 0.1) is 13.8 Å². The monoisotopic (exact) mass is 459 g/mol. The number of carbonyl (C=O) groups is 1. The molecular weight excluding hydrogens is 422 g/mol. The number of aryl methyl sites for hydroxylation is 2. The van der Waals surface area contributed by atoms with Crippen LogP contribution < -0.4 is 0 Å². The van der Waals surface area contributed by atoms with Crippen LogP contribution in [0.2, 0.25) is 0 Å². The summed E-state index contributed by atoms with van der Waals surface area (Å²) in [5.74, 6) is 0.271. The van der Waals surface area contributed by atoms with E-state index in [2.05, 4.69) is 30.2 Å². The smallest absolute Gasteiger partial charge is 0.214 e. The summed E-state index contributed by atoms with van der Waals surface area (Å²) in [5.41, 5.74) is 3.95. The average molecular weight is 460 g/mol. The van der Waals surface area contributed by atoms with E-state index in [0.717, 1.165) is 28.9 Å². The van der Waals surface area contributed by atoms with E-state index >= 15 is 0 Å². The molecule has 0 amide bonds. The molecule has 1 saturated heterocycles. The highest BCUT2D eigenvalue weighted by Crippen LogP contribution is 2.25. The fraction of sp³-hybridized carbons (Fsp3) is 0.560. The highest BCUT2D eigenvalue weighted by molar-refractivity contribution is 7.89. The van der Waals surface area contributed by atoms with Gasteiger partial charge in [0.1, 0.15) is 0 Å². The summed E-state index contributed by atoms with van der Waals surface area (Å²) in [6, 6.07) is 12.0. The van der Waals surface area contributed by atoms with Gasteiger partial charge >= 0.3 is 0 Å². The van der Waals surface area contributed by atoms with E-state index in [1.807, 2.05) is 50.2 Å². The van der Waals surface area contributed by atoms with Crippen molar-refractivity contribution in [3.05, 3.63) is 58.9 Å². The minimum absolute atomic E-state index is 0.0762. The van der Waals surface area contributed by atoms with E-state index in [-0.39, 0.29) is 17.1 Å². The molecule has 1 aliphatic heterocycles. The minimum atomic E-state index is -3.26. The third-order valence-electron chi connectivity index (χ3n) is 6.20. The van der Waals surface area contributed by atoms with Crippen molar-refractivity contribution in [2.45, 2.75) is 53.0 Å². The number of hydrogen-bond acceptors (Lipinski definition) is 4. The fourth-order valence-corrected chi connectivity index (χ4v) is 6.25. The quantitative estimate of drug-likeness (QED) is 0.566. The lowest BCUT2D eigenvalue weighted by molar-refractivity contribution is 0.0901. The zero-order valence-electron chi connectivity index (χ0n) is 20.1. The number of piperazine rings is 1. The molecule has 1 fully saturated rings. The lowest BCUT2D eigenvalue weighted by Gasteiger charge is -2.33. The molecule has 1 aliphatic rings. The molecule has 7 heteroatoms. The van der Waals surface area contributed by atoms with E-state index in [0.29, 0.717) is 39.1 Å². The van der Waals surface area contributed by atoms with E-state index in [1.165, 1.54) is 0 Å². The molecule has 3 rings (SSSR count). The Hall–Kier alpha value is -1.96. The van der Waals surface area contributed by atoms with Gasteiger partial charge in [0.05, 0.1) is 12.3 Å². The Morgan fingerprint density at radius 2 is 1.62 bits per heavy atom. The van der Waals surface area contributed by atoms with Crippen LogP contribution in [0.25, 0.3) is 0 Å². The molecule has 6 nitrogen and oxygen atoms in total. The van der Waals surface area contributed by atoms with E-state index in [4.69, 9.17) is 0 Å². The Balaban J connectivity index is 1.52. The minimum Gasteiger partial charge on any atom is -0.343 e. The first kappa shape index (κ1) is 24.7. The third-order valence-corrected chi connectivity index (χ3v) is 8.16. The molecule has 176 valence electrons. The number of sulfonamides is 1. The van der Waals surface area contributed by atoms with Gasteiger partial charge < -0.3 is 4.57 Å². The average Bonchev–Trinajstić information content (AvgIpc) is 3.03. The summed E-state index contributed by atoms with van der Waals surface area (Å²) in [7, 11) is -3.26. The number of nitrogens with zero attached hydrogens (tertiary/aromatic N) is 3. The Morgan fingerprint density at radius 3 is 2.19 bits per heavy atom. The van der Waals surface area contributed by atoms with Crippen molar-refractivity contribution in [3.63, 3.8) is 0 Å². The third kappa shape index (κ3) is 5.88. The SMILES string of the molecule is Cc1cc(C(=O)CN2CCN(S(=O)(=O)CCCc3ccccc3)CC2)c(C)n1C(C)(C)C. The van der Waals surface area contributed by atoms with E-state index in [9.17, 15) is 13.2 Å². The van der Waals surface area contributed by atoms with Gasteiger partial charge in [0, 0.05) is 48.7 Å². The Kier molecular flexibility index (Phi) is 7.63. The largest absolute Gasteiger partial charge is 0.343 e. The van der Waals surface area contributed by atoms with Crippen molar-refractivity contribution < 1.29 is 13.2 Å². The standard InChI is InChI=1S/C25H37N3O3S/c1-20-18-23(21(2)28(20)25(3,4)5)24(29)19-26-13-15-27(16-14-26)32(30,31)17-9-12-22-10-7-6-8-11-22/h6-8,10-11,18H,9,12-17,19H2,1-5H3. The fourth-order valence-electron chi connectivity index (χ4n) is 4.76. The molecule has 0 radical (unpaired) electrons. The van der Waals surface area contributed by atoms with Gasteiger partial charge in [-0.05, 0) is 59.1 Å².